The zero-order valence-corrected chi connectivity index (χ0v) is 11.9. The van der Waals surface area contributed by atoms with Gasteiger partial charge < -0.3 is 9.73 Å². The predicted molar refractivity (Wildman–Crippen MR) is 78.6 cm³/mol. The first-order chi connectivity index (χ1) is 9.36. The Kier molecular flexibility index (Phi) is 3.89. The summed E-state index contributed by atoms with van der Waals surface area (Å²) in [5.41, 5.74) is 2.07. The summed E-state index contributed by atoms with van der Waals surface area (Å²) in [6.07, 6.45) is 6.10. The molecule has 1 N–H and O–H groups in total. The van der Waals surface area contributed by atoms with Crippen LogP contribution in [0.2, 0.25) is 0 Å². The van der Waals surface area contributed by atoms with E-state index in [1.165, 1.54) is 4.90 Å². The first-order valence-corrected chi connectivity index (χ1v) is 7.90. The average molecular weight is 274 g/mol. The van der Waals surface area contributed by atoms with Crippen molar-refractivity contribution in [2.75, 3.05) is 19.3 Å². The van der Waals surface area contributed by atoms with Gasteiger partial charge in [-0.1, -0.05) is 12.1 Å². The van der Waals surface area contributed by atoms with E-state index in [1.54, 1.807) is 18.0 Å². The first-order valence-electron chi connectivity index (χ1n) is 6.67. The summed E-state index contributed by atoms with van der Waals surface area (Å²) in [4.78, 5) is 5.93. The SMILES string of the molecule is CSc1ccc(-c2coc(C3CCNCC3)n2)cc1. The third-order valence-corrected chi connectivity index (χ3v) is 4.34. The van der Waals surface area contributed by atoms with E-state index in [2.05, 4.69) is 40.8 Å². The molecule has 1 saturated heterocycles. The summed E-state index contributed by atoms with van der Waals surface area (Å²) in [5, 5.41) is 3.36. The molecule has 3 rings (SSSR count). The molecular weight excluding hydrogens is 256 g/mol. The number of thioether (sulfide) groups is 1. The van der Waals surface area contributed by atoms with E-state index in [1.807, 2.05) is 0 Å². The molecule has 4 heteroatoms. The second-order valence-corrected chi connectivity index (χ2v) is 5.70. The maximum absolute atomic E-state index is 5.67. The molecule has 1 aliphatic rings. The smallest absolute Gasteiger partial charge is 0.197 e. The van der Waals surface area contributed by atoms with Crippen molar-refractivity contribution in [3.05, 3.63) is 36.4 Å². The normalized spacial score (nSPS) is 16.7. The molecule has 0 amide bonds. The lowest BCUT2D eigenvalue weighted by Crippen LogP contribution is -2.26. The summed E-state index contributed by atoms with van der Waals surface area (Å²) >= 11 is 1.75. The minimum absolute atomic E-state index is 0.473. The van der Waals surface area contributed by atoms with Gasteiger partial charge in [-0.25, -0.2) is 4.98 Å². The standard InChI is InChI=1S/C15H18N2OS/c1-19-13-4-2-11(3-5-13)14-10-18-15(17-14)12-6-8-16-9-7-12/h2-5,10,12,16H,6-9H2,1H3. The van der Waals surface area contributed by atoms with Gasteiger partial charge in [-0.2, -0.15) is 0 Å². The molecule has 1 aromatic heterocycles. The number of nitrogens with one attached hydrogen (secondary N) is 1. The van der Waals surface area contributed by atoms with Crippen LogP contribution in [0.4, 0.5) is 0 Å². The van der Waals surface area contributed by atoms with Gasteiger partial charge in [0, 0.05) is 16.4 Å². The summed E-state index contributed by atoms with van der Waals surface area (Å²) < 4.78 is 5.67. The lowest BCUT2D eigenvalue weighted by molar-refractivity contribution is 0.374. The Morgan fingerprint density at radius 1 is 1.21 bits per heavy atom. The van der Waals surface area contributed by atoms with Gasteiger partial charge in [-0.05, 0) is 44.3 Å². The van der Waals surface area contributed by atoms with E-state index in [9.17, 15) is 0 Å². The van der Waals surface area contributed by atoms with Crippen LogP contribution in [0.5, 0.6) is 0 Å². The van der Waals surface area contributed by atoms with Crippen molar-refractivity contribution in [3.63, 3.8) is 0 Å². The number of aromatic nitrogens is 1. The van der Waals surface area contributed by atoms with Crippen LogP contribution in [0.25, 0.3) is 11.3 Å². The fourth-order valence-corrected chi connectivity index (χ4v) is 2.85. The van der Waals surface area contributed by atoms with Crippen LogP contribution in [-0.2, 0) is 0 Å². The zero-order chi connectivity index (χ0) is 13.1. The second kappa shape index (κ2) is 5.80. The van der Waals surface area contributed by atoms with Crippen LogP contribution in [0.3, 0.4) is 0 Å². The molecule has 100 valence electrons. The fourth-order valence-electron chi connectivity index (χ4n) is 2.44. The number of hydrogen-bond acceptors (Lipinski definition) is 4. The fraction of sp³-hybridized carbons (Fsp3) is 0.400. The summed E-state index contributed by atoms with van der Waals surface area (Å²) in [6, 6.07) is 8.46. The van der Waals surface area contributed by atoms with Crippen molar-refractivity contribution in [2.45, 2.75) is 23.7 Å². The van der Waals surface area contributed by atoms with Crippen LogP contribution in [0.1, 0.15) is 24.7 Å². The number of rotatable bonds is 3. The van der Waals surface area contributed by atoms with Gasteiger partial charge in [0.2, 0.25) is 0 Å². The maximum atomic E-state index is 5.67. The summed E-state index contributed by atoms with van der Waals surface area (Å²) in [5.74, 6) is 1.37. The molecule has 1 fully saturated rings. The minimum atomic E-state index is 0.473. The molecule has 1 aliphatic heterocycles. The zero-order valence-electron chi connectivity index (χ0n) is 11.1. The van der Waals surface area contributed by atoms with Crippen LogP contribution in [-0.4, -0.2) is 24.3 Å². The molecule has 3 nitrogen and oxygen atoms in total. The van der Waals surface area contributed by atoms with E-state index in [4.69, 9.17) is 4.42 Å². The molecule has 19 heavy (non-hydrogen) atoms. The molecule has 0 atom stereocenters. The summed E-state index contributed by atoms with van der Waals surface area (Å²) in [7, 11) is 0. The van der Waals surface area contributed by atoms with Crippen molar-refractivity contribution in [1.29, 1.82) is 0 Å². The van der Waals surface area contributed by atoms with Gasteiger partial charge in [0.15, 0.2) is 5.89 Å². The number of piperidine rings is 1. The lowest BCUT2D eigenvalue weighted by atomic mass is 9.98. The van der Waals surface area contributed by atoms with Crippen LogP contribution in [0.15, 0.2) is 39.8 Å². The maximum Gasteiger partial charge on any atom is 0.197 e. The highest BCUT2D eigenvalue weighted by Crippen LogP contribution is 2.28. The van der Waals surface area contributed by atoms with E-state index in [-0.39, 0.29) is 0 Å². The monoisotopic (exact) mass is 274 g/mol. The van der Waals surface area contributed by atoms with E-state index in [0.717, 1.165) is 43.1 Å². The van der Waals surface area contributed by atoms with Crippen molar-refractivity contribution in [3.8, 4) is 11.3 Å². The van der Waals surface area contributed by atoms with E-state index in [0.29, 0.717) is 5.92 Å². The lowest BCUT2D eigenvalue weighted by Gasteiger charge is -2.19. The average Bonchev–Trinajstić information content (AvgIpc) is 2.98. The Bertz CT molecular complexity index is 529. The van der Waals surface area contributed by atoms with Gasteiger partial charge in [0.25, 0.3) is 0 Å². The first kappa shape index (κ1) is 12.8. The predicted octanol–water partition coefficient (Wildman–Crippen LogP) is 3.53. The molecule has 1 aromatic carbocycles. The quantitative estimate of drug-likeness (QED) is 0.869. The molecule has 2 aromatic rings. The Balaban J connectivity index is 1.79. The largest absolute Gasteiger partial charge is 0.448 e. The van der Waals surface area contributed by atoms with Gasteiger partial charge in [0.05, 0.1) is 0 Å². The molecule has 0 unspecified atom stereocenters. The minimum Gasteiger partial charge on any atom is -0.448 e. The third kappa shape index (κ3) is 2.85. The highest BCUT2D eigenvalue weighted by molar-refractivity contribution is 7.98. The Labute approximate surface area is 117 Å². The molecular formula is C15H18N2OS. The third-order valence-electron chi connectivity index (χ3n) is 3.60. The van der Waals surface area contributed by atoms with Gasteiger partial charge in [-0.3, -0.25) is 0 Å². The number of oxazole rings is 1. The van der Waals surface area contributed by atoms with Crippen LogP contribution >= 0.6 is 11.8 Å². The molecule has 0 bridgehead atoms. The number of hydrogen-bond donors (Lipinski definition) is 1. The molecule has 0 aliphatic carbocycles. The molecule has 0 saturated carbocycles. The molecule has 0 radical (unpaired) electrons. The highest BCUT2D eigenvalue weighted by atomic mass is 32.2. The topological polar surface area (TPSA) is 38.1 Å². The van der Waals surface area contributed by atoms with Gasteiger partial charge >= 0.3 is 0 Å². The summed E-state index contributed by atoms with van der Waals surface area (Å²) in [6.45, 7) is 2.12. The van der Waals surface area contributed by atoms with Crippen molar-refractivity contribution < 1.29 is 4.42 Å². The van der Waals surface area contributed by atoms with Crippen molar-refractivity contribution >= 4 is 11.8 Å². The van der Waals surface area contributed by atoms with Crippen LogP contribution in [0, 0.1) is 0 Å². The Morgan fingerprint density at radius 2 is 1.95 bits per heavy atom. The molecule has 0 spiro atoms. The van der Waals surface area contributed by atoms with Crippen LogP contribution < -0.4 is 5.32 Å². The Morgan fingerprint density at radius 3 is 2.63 bits per heavy atom. The second-order valence-electron chi connectivity index (χ2n) is 4.82. The van der Waals surface area contributed by atoms with Gasteiger partial charge in [0.1, 0.15) is 12.0 Å². The number of benzene rings is 1. The van der Waals surface area contributed by atoms with Crippen molar-refractivity contribution in [2.24, 2.45) is 0 Å². The van der Waals surface area contributed by atoms with Gasteiger partial charge in [-0.15, -0.1) is 11.8 Å². The van der Waals surface area contributed by atoms with Crippen molar-refractivity contribution in [1.82, 2.24) is 10.3 Å². The number of nitrogens with zero attached hydrogens (tertiary/aromatic N) is 1. The highest BCUT2D eigenvalue weighted by Gasteiger charge is 2.20. The van der Waals surface area contributed by atoms with E-state index >= 15 is 0 Å². The van der Waals surface area contributed by atoms with E-state index < -0.39 is 0 Å². The molecule has 2 heterocycles. The Hall–Kier alpha value is -1.26.